The summed E-state index contributed by atoms with van der Waals surface area (Å²) in [5, 5.41) is 8.66. The third-order valence-electron chi connectivity index (χ3n) is 1.33. The molecule has 0 aliphatic rings. The molecular weight excluding hydrogens is 258 g/mol. The van der Waals surface area contributed by atoms with Crippen molar-refractivity contribution in [1.29, 1.82) is 0 Å². The molecule has 0 bridgehead atoms. The number of isothiocyanates is 1. The lowest BCUT2D eigenvalue weighted by atomic mass is 10.8. The van der Waals surface area contributed by atoms with Gasteiger partial charge in [0.1, 0.15) is 5.82 Å². The second-order valence-corrected chi connectivity index (χ2v) is 3.56. The molecule has 17 heavy (non-hydrogen) atoms. The average Bonchev–Trinajstić information content (AvgIpc) is 2.57. The van der Waals surface area contributed by atoms with Gasteiger partial charge in [-0.25, -0.2) is 14.5 Å². The molecule has 0 fully saturated rings. The van der Waals surface area contributed by atoms with E-state index in [1.165, 1.54) is 4.68 Å². The standard InChI is InChI=1S/C4H7N3O.C3H7NS.C2H3NS/c1-3-5-4(8)7(2)6-3;1-3(5)4-2;1-3-2-4/h1-2H3,(H,5,6,8);1-2H3,(H,4,5);1H3. The first-order chi connectivity index (χ1) is 7.88. The summed E-state index contributed by atoms with van der Waals surface area (Å²) in [5.74, 6) is 0.650. The number of aryl methyl sites for hydroxylation is 2. The van der Waals surface area contributed by atoms with Gasteiger partial charge in [-0.15, -0.1) is 0 Å². The van der Waals surface area contributed by atoms with Crippen molar-refractivity contribution in [3.63, 3.8) is 0 Å². The molecule has 0 aromatic carbocycles. The molecule has 0 saturated heterocycles. The summed E-state index contributed by atoms with van der Waals surface area (Å²) in [6, 6.07) is 0. The zero-order valence-electron chi connectivity index (χ0n) is 10.6. The number of aromatic nitrogens is 3. The fraction of sp³-hybridized carbons (Fsp3) is 0.556. The Balaban J connectivity index is 0. The van der Waals surface area contributed by atoms with Crippen molar-refractivity contribution in [3.05, 3.63) is 16.3 Å². The number of thiocarbonyl (C=S) groups is 2. The minimum absolute atomic E-state index is 0.164. The summed E-state index contributed by atoms with van der Waals surface area (Å²) in [6.45, 7) is 3.58. The van der Waals surface area contributed by atoms with Gasteiger partial charge in [0.2, 0.25) is 0 Å². The normalized spacial score (nSPS) is 7.59. The highest BCUT2D eigenvalue weighted by atomic mass is 32.1. The Morgan fingerprint density at radius 1 is 1.65 bits per heavy atom. The van der Waals surface area contributed by atoms with E-state index in [2.05, 4.69) is 50.0 Å². The Labute approximate surface area is 111 Å². The zero-order valence-corrected chi connectivity index (χ0v) is 12.2. The minimum atomic E-state index is -0.164. The molecule has 0 amide bonds. The maximum absolute atomic E-state index is 10.5. The summed E-state index contributed by atoms with van der Waals surface area (Å²) < 4.78 is 1.26. The molecule has 2 N–H and O–H groups in total. The van der Waals surface area contributed by atoms with Crippen LogP contribution < -0.4 is 11.0 Å². The van der Waals surface area contributed by atoms with Gasteiger partial charge >= 0.3 is 5.69 Å². The van der Waals surface area contributed by atoms with Gasteiger partial charge in [-0.2, -0.15) is 5.10 Å². The van der Waals surface area contributed by atoms with E-state index in [1.54, 1.807) is 21.0 Å². The van der Waals surface area contributed by atoms with E-state index in [0.29, 0.717) is 5.82 Å². The molecule has 0 atom stereocenters. The van der Waals surface area contributed by atoms with Crippen molar-refractivity contribution >= 4 is 34.6 Å². The molecule has 0 unspecified atom stereocenters. The molecule has 1 aromatic rings. The molecule has 0 saturated carbocycles. The van der Waals surface area contributed by atoms with Crippen LogP contribution in [-0.2, 0) is 7.05 Å². The van der Waals surface area contributed by atoms with E-state index >= 15 is 0 Å². The van der Waals surface area contributed by atoms with Crippen molar-refractivity contribution < 1.29 is 0 Å². The molecule has 0 spiro atoms. The Morgan fingerprint density at radius 2 is 2.06 bits per heavy atom. The van der Waals surface area contributed by atoms with Crippen LogP contribution in [0.3, 0.4) is 0 Å². The zero-order chi connectivity index (χ0) is 13.8. The van der Waals surface area contributed by atoms with E-state index in [-0.39, 0.29) is 5.69 Å². The van der Waals surface area contributed by atoms with Gasteiger partial charge < -0.3 is 5.32 Å². The van der Waals surface area contributed by atoms with Gasteiger partial charge in [0.15, 0.2) is 0 Å². The van der Waals surface area contributed by atoms with Gasteiger partial charge in [-0.3, -0.25) is 4.98 Å². The van der Waals surface area contributed by atoms with Crippen molar-refractivity contribution in [2.24, 2.45) is 12.0 Å². The van der Waals surface area contributed by atoms with E-state index in [4.69, 9.17) is 0 Å². The SMILES string of the molecule is CN=C=S.CNC(C)=S.Cc1nn(C)c(=O)[nH]1. The molecule has 8 heteroatoms. The third kappa shape index (κ3) is 12.6. The lowest BCUT2D eigenvalue weighted by Crippen LogP contribution is -2.13. The Bertz CT molecular complexity index is 431. The number of rotatable bonds is 0. The second-order valence-electron chi connectivity index (χ2n) is 2.76. The van der Waals surface area contributed by atoms with Crippen LogP contribution in [0.2, 0.25) is 0 Å². The molecule has 1 rings (SSSR count). The van der Waals surface area contributed by atoms with Crippen molar-refractivity contribution in [3.8, 4) is 0 Å². The fourth-order valence-corrected chi connectivity index (χ4v) is 0.531. The number of hydrogen-bond acceptors (Lipinski definition) is 5. The van der Waals surface area contributed by atoms with Gasteiger partial charge in [0.25, 0.3) is 0 Å². The number of H-pyrrole nitrogens is 1. The van der Waals surface area contributed by atoms with Crippen LogP contribution in [0.5, 0.6) is 0 Å². The topological polar surface area (TPSA) is 75.1 Å². The summed E-state index contributed by atoms with van der Waals surface area (Å²) in [7, 11) is 5.00. The number of nitrogens with zero attached hydrogens (tertiary/aromatic N) is 3. The smallest absolute Gasteiger partial charge is 0.342 e. The van der Waals surface area contributed by atoms with Crippen LogP contribution in [0.4, 0.5) is 0 Å². The molecule has 0 radical (unpaired) electrons. The minimum Gasteiger partial charge on any atom is -0.383 e. The Morgan fingerprint density at radius 3 is 2.12 bits per heavy atom. The van der Waals surface area contributed by atoms with Gasteiger partial charge in [-0.1, -0.05) is 12.2 Å². The van der Waals surface area contributed by atoms with Crippen LogP contribution >= 0.6 is 24.4 Å². The Hall–Kier alpha value is -1.37. The maximum atomic E-state index is 10.5. The first kappa shape index (κ1) is 18.0. The molecule has 1 aromatic heterocycles. The number of hydrogen-bond donors (Lipinski definition) is 2. The second kappa shape index (κ2) is 11.1. The van der Waals surface area contributed by atoms with Crippen molar-refractivity contribution in [1.82, 2.24) is 20.1 Å². The van der Waals surface area contributed by atoms with Crippen LogP contribution in [0, 0.1) is 6.92 Å². The molecule has 96 valence electrons. The summed E-state index contributed by atoms with van der Waals surface area (Å²) in [6.07, 6.45) is 0. The number of aliphatic imine (C=N–C) groups is 1. The van der Waals surface area contributed by atoms with Gasteiger partial charge in [0.05, 0.1) is 10.1 Å². The largest absolute Gasteiger partial charge is 0.383 e. The molecule has 1 heterocycles. The maximum Gasteiger partial charge on any atom is 0.342 e. The van der Waals surface area contributed by atoms with Crippen molar-refractivity contribution in [2.45, 2.75) is 13.8 Å². The Kier molecular flexibility index (Phi) is 11.8. The summed E-state index contributed by atoms with van der Waals surface area (Å²) in [5.41, 5.74) is -0.164. The first-order valence-corrected chi connectivity index (χ1v) is 5.44. The molecule has 0 aliphatic carbocycles. The van der Waals surface area contributed by atoms with Crippen LogP contribution in [0.25, 0.3) is 0 Å². The molecule has 0 aliphatic heterocycles. The average molecular weight is 275 g/mol. The first-order valence-electron chi connectivity index (χ1n) is 4.63. The predicted molar refractivity (Wildman–Crippen MR) is 76.8 cm³/mol. The predicted octanol–water partition coefficient (Wildman–Crippen LogP) is 0.689. The van der Waals surface area contributed by atoms with E-state index in [1.807, 2.05) is 14.0 Å². The number of nitrogens with one attached hydrogen (secondary N) is 2. The summed E-state index contributed by atoms with van der Waals surface area (Å²) >= 11 is 8.72. The molecule has 6 nitrogen and oxygen atoms in total. The molecular formula is C9H17N5OS2. The number of aromatic amines is 1. The highest BCUT2D eigenvalue weighted by Crippen LogP contribution is 1.72. The fourth-order valence-electron chi connectivity index (χ4n) is 0.531. The van der Waals surface area contributed by atoms with Crippen LogP contribution in [0.15, 0.2) is 9.79 Å². The van der Waals surface area contributed by atoms with Gasteiger partial charge in [-0.05, 0) is 26.1 Å². The highest BCUT2D eigenvalue weighted by Gasteiger charge is 1.91. The van der Waals surface area contributed by atoms with Gasteiger partial charge in [0, 0.05) is 21.1 Å². The van der Waals surface area contributed by atoms with E-state index < -0.39 is 0 Å². The lowest BCUT2D eigenvalue weighted by Gasteiger charge is -1.84. The quantitative estimate of drug-likeness (QED) is 0.538. The highest BCUT2D eigenvalue weighted by molar-refractivity contribution is 7.80. The van der Waals surface area contributed by atoms with Crippen LogP contribution in [-0.4, -0.2) is 39.0 Å². The monoisotopic (exact) mass is 275 g/mol. The van der Waals surface area contributed by atoms with E-state index in [9.17, 15) is 4.79 Å². The lowest BCUT2D eigenvalue weighted by molar-refractivity contribution is 0.728. The van der Waals surface area contributed by atoms with Crippen molar-refractivity contribution in [2.75, 3.05) is 14.1 Å². The van der Waals surface area contributed by atoms with E-state index in [0.717, 1.165) is 4.99 Å². The summed E-state index contributed by atoms with van der Waals surface area (Å²) in [4.78, 5) is 17.1. The van der Waals surface area contributed by atoms with Crippen LogP contribution in [0.1, 0.15) is 12.7 Å². The third-order valence-corrected chi connectivity index (χ3v) is 1.71.